The average Bonchev–Trinajstić information content (AvgIpc) is 2.68. The Morgan fingerprint density at radius 1 is 1.60 bits per heavy atom. The third-order valence-corrected chi connectivity index (χ3v) is 3.05. The molecule has 86 valence electrons. The van der Waals surface area contributed by atoms with Crippen molar-refractivity contribution in [3.8, 4) is 0 Å². The van der Waals surface area contributed by atoms with Gasteiger partial charge in [-0.1, -0.05) is 6.92 Å². The third kappa shape index (κ3) is 5.25. The minimum Gasteiger partial charge on any atom is -0.314 e. The molecule has 1 atom stereocenters. The Hall–Kier alpha value is -0.450. The van der Waals surface area contributed by atoms with Gasteiger partial charge in [0.1, 0.15) is 0 Å². The highest BCUT2D eigenvalue weighted by molar-refractivity contribution is 7.07. The first-order valence-corrected chi connectivity index (χ1v) is 6.45. The van der Waals surface area contributed by atoms with Crippen molar-refractivity contribution < 1.29 is 0 Å². The monoisotopic (exact) mass is 227 g/mol. The van der Waals surface area contributed by atoms with E-state index < -0.39 is 0 Å². The molecule has 0 spiro atoms. The van der Waals surface area contributed by atoms with Crippen LogP contribution < -0.4 is 5.32 Å². The third-order valence-electron chi connectivity index (χ3n) is 2.41. The average molecular weight is 227 g/mol. The number of thiazole rings is 1. The number of rotatable bonds is 7. The van der Waals surface area contributed by atoms with Crippen molar-refractivity contribution >= 4 is 11.3 Å². The fraction of sp³-hybridized carbons (Fsp3) is 0.727. The second-order valence-electron chi connectivity index (χ2n) is 3.96. The van der Waals surface area contributed by atoms with E-state index >= 15 is 0 Å². The van der Waals surface area contributed by atoms with Crippen LogP contribution in [0.15, 0.2) is 10.9 Å². The van der Waals surface area contributed by atoms with Gasteiger partial charge in [0.15, 0.2) is 0 Å². The highest BCUT2D eigenvalue weighted by Gasteiger charge is 2.04. The van der Waals surface area contributed by atoms with Gasteiger partial charge in [0.05, 0.1) is 11.2 Å². The van der Waals surface area contributed by atoms with Crippen LogP contribution in [0.2, 0.25) is 0 Å². The molecular weight excluding hydrogens is 206 g/mol. The largest absolute Gasteiger partial charge is 0.314 e. The molecule has 0 fully saturated rings. The first-order valence-electron chi connectivity index (χ1n) is 5.51. The molecule has 0 saturated carbocycles. The zero-order valence-electron chi connectivity index (χ0n) is 9.86. The Kier molecular flexibility index (Phi) is 5.83. The molecular formula is C11H21N3S. The van der Waals surface area contributed by atoms with Crippen LogP contribution in [-0.4, -0.2) is 36.1 Å². The van der Waals surface area contributed by atoms with Crippen LogP contribution in [0, 0.1) is 0 Å². The second kappa shape index (κ2) is 6.93. The highest BCUT2D eigenvalue weighted by atomic mass is 32.1. The fourth-order valence-corrected chi connectivity index (χ4v) is 2.09. The van der Waals surface area contributed by atoms with Gasteiger partial charge in [-0.2, -0.15) is 0 Å². The van der Waals surface area contributed by atoms with Gasteiger partial charge in [0.2, 0.25) is 0 Å². The molecule has 1 rings (SSSR count). The Morgan fingerprint density at radius 2 is 2.40 bits per heavy atom. The van der Waals surface area contributed by atoms with Gasteiger partial charge >= 0.3 is 0 Å². The lowest BCUT2D eigenvalue weighted by molar-refractivity contribution is 0.302. The molecule has 15 heavy (non-hydrogen) atoms. The van der Waals surface area contributed by atoms with Gasteiger partial charge in [-0.3, -0.25) is 0 Å². The van der Waals surface area contributed by atoms with Crippen LogP contribution in [0.4, 0.5) is 0 Å². The van der Waals surface area contributed by atoms with Gasteiger partial charge in [0.25, 0.3) is 0 Å². The van der Waals surface area contributed by atoms with Gasteiger partial charge in [0, 0.05) is 18.0 Å². The molecule has 0 aliphatic heterocycles. The van der Waals surface area contributed by atoms with E-state index in [0.29, 0.717) is 6.04 Å². The van der Waals surface area contributed by atoms with Crippen molar-refractivity contribution in [1.82, 2.24) is 15.2 Å². The summed E-state index contributed by atoms with van der Waals surface area (Å²) in [4.78, 5) is 6.60. The molecule has 0 aliphatic carbocycles. The van der Waals surface area contributed by atoms with E-state index in [0.717, 1.165) is 19.6 Å². The van der Waals surface area contributed by atoms with E-state index in [1.807, 2.05) is 5.51 Å². The second-order valence-corrected chi connectivity index (χ2v) is 4.68. The minimum atomic E-state index is 0.605. The van der Waals surface area contributed by atoms with E-state index in [9.17, 15) is 0 Å². The molecule has 0 radical (unpaired) electrons. The molecule has 0 saturated heterocycles. The van der Waals surface area contributed by atoms with Gasteiger partial charge < -0.3 is 10.2 Å². The molecule has 3 nitrogen and oxygen atoms in total. The molecule has 1 N–H and O–H groups in total. The van der Waals surface area contributed by atoms with E-state index in [1.54, 1.807) is 11.3 Å². The van der Waals surface area contributed by atoms with Crippen LogP contribution >= 0.6 is 11.3 Å². The van der Waals surface area contributed by atoms with Gasteiger partial charge in [-0.05, 0) is 33.5 Å². The molecule has 1 aromatic rings. The van der Waals surface area contributed by atoms with E-state index in [2.05, 4.69) is 41.5 Å². The Morgan fingerprint density at radius 3 is 3.00 bits per heavy atom. The van der Waals surface area contributed by atoms with Gasteiger partial charge in [-0.15, -0.1) is 11.3 Å². The Balaban J connectivity index is 2.16. The first-order chi connectivity index (χ1) is 7.22. The lowest BCUT2D eigenvalue weighted by Crippen LogP contribution is -2.30. The summed E-state index contributed by atoms with van der Waals surface area (Å²) in [5.74, 6) is 0. The normalized spacial score (nSPS) is 13.3. The molecule has 1 heterocycles. The van der Waals surface area contributed by atoms with Crippen LogP contribution in [0.5, 0.6) is 0 Å². The van der Waals surface area contributed by atoms with Crippen LogP contribution in [0.25, 0.3) is 0 Å². The minimum absolute atomic E-state index is 0.605. The maximum Gasteiger partial charge on any atom is 0.0795 e. The van der Waals surface area contributed by atoms with Crippen molar-refractivity contribution in [3.05, 3.63) is 16.6 Å². The van der Waals surface area contributed by atoms with Gasteiger partial charge in [-0.25, -0.2) is 4.98 Å². The van der Waals surface area contributed by atoms with Crippen LogP contribution in [-0.2, 0) is 6.54 Å². The molecule has 1 unspecified atom stereocenters. The Bertz CT molecular complexity index is 248. The molecule has 1 aromatic heterocycles. The number of nitrogens with one attached hydrogen (secondary N) is 1. The highest BCUT2D eigenvalue weighted by Crippen LogP contribution is 2.04. The zero-order valence-corrected chi connectivity index (χ0v) is 10.7. The van der Waals surface area contributed by atoms with Crippen molar-refractivity contribution in [2.75, 3.05) is 20.1 Å². The van der Waals surface area contributed by atoms with Crippen molar-refractivity contribution in [3.63, 3.8) is 0 Å². The first kappa shape index (κ1) is 12.6. The van der Waals surface area contributed by atoms with Crippen molar-refractivity contribution in [2.24, 2.45) is 0 Å². The van der Waals surface area contributed by atoms with E-state index in [1.165, 1.54) is 12.1 Å². The lowest BCUT2D eigenvalue weighted by Gasteiger charge is -2.18. The molecule has 0 aromatic carbocycles. The quantitative estimate of drug-likeness (QED) is 0.772. The SMILES string of the molecule is CCNC(C)CCN(C)Cc1cscn1. The lowest BCUT2D eigenvalue weighted by atomic mass is 10.2. The summed E-state index contributed by atoms with van der Waals surface area (Å²) in [5.41, 5.74) is 3.07. The number of hydrogen-bond donors (Lipinski definition) is 1. The molecule has 0 amide bonds. The van der Waals surface area contributed by atoms with Crippen molar-refractivity contribution in [1.29, 1.82) is 0 Å². The molecule has 4 heteroatoms. The maximum absolute atomic E-state index is 4.28. The Labute approximate surface area is 96.5 Å². The molecule has 0 aliphatic rings. The molecule has 0 bridgehead atoms. The number of nitrogens with zero attached hydrogens (tertiary/aromatic N) is 2. The summed E-state index contributed by atoms with van der Waals surface area (Å²) in [6, 6.07) is 0.605. The smallest absolute Gasteiger partial charge is 0.0795 e. The standard InChI is InChI=1S/C11H21N3S/c1-4-12-10(2)5-6-14(3)7-11-8-15-9-13-11/h8-10,12H,4-7H2,1-3H3. The maximum atomic E-state index is 4.28. The summed E-state index contributed by atoms with van der Waals surface area (Å²) in [7, 11) is 2.15. The summed E-state index contributed by atoms with van der Waals surface area (Å²) >= 11 is 1.66. The summed E-state index contributed by atoms with van der Waals surface area (Å²) in [6.07, 6.45) is 1.19. The van der Waals surface area contributed by atoms with Crippen molar-refractivity contribution in [2.45, 2.75) is 32.9 Å². The van der Waals surface area contributed by atoms with Crippen LogP contribution in [0.1, 0.15) is 26.0 Å². The predicted molar refractivity (Wildman–Crippen MR) is 66.2 cm³/mol. The van der Waals surface area contributed by atoms with E-state index in [-0.39, 0.29) is 0 Å². The summed E-state index contributed by atoms with van der Waals surface area (Å²) in [5, 5.41) is 5.53. The zero-order chi connectivity index (χ0) is 11.1. The number of aromatic nitrogens is 1. The fourth-order valence-electron chi connectivity index (χ4n) is 1.54. The number of hydrogen-bond acceptors (Lipinski definition) is 4. The summed E-state index contributed by atoms with van der Waals surface area (Å²) in [6.45, 7) is 7.51. The van der Waals surface area contributed by atoms with Crippen LogP contribution in [0.3, 0.4) is 0 Å². The summed E-state index contributed by atoms with van der Waals surface area (Å²) < 4.78 is 0. The van der Waals surface area contributed by atoms with E-state index in [4.69, 9.17) is 0 Å². The predicted octanol–water partition coefficient (Wildman–Crippen LogP) is 1.96. The topological polar surface area (TPSA) is 28.2 Å².